The third-order valence-corrected chi connectivity index (χ3v) is 10.0. The molecule has 0 heterocycles. The predicted octanol–water partition coefficient (Wildman–Crippen LogP) is 5.19. The van der Waals surface area contributed by atoms with Crippen molar-refractivity contribution in [2.45, 2.75) is 90.8 Å². The van der Waals surface area contributed by atoms with Gasteiger partial charge in [0.15, 0.2) is 0 Å². The summed E-state index contributed by atoms with van der Waals surface area (Å²) in [7, 11) is 0. The third kappa shape index (κ3) is 2.58. The van der Waals surface area contributed by atoms with Gasteiger partial charge in [-0.25, -0.2) is 0 Å². The topological polar surface area (TPSA) is 40.5 Å². The minimum atomic E-state index is -0.315. The molecule has 0 bridgehead atoms. The van der Waals surface area contributed by atoms with Gasteiger partial charge in [-0.3, -0.25) is 0 Å². The highest BCUT2D eigenvalue weighted by Gasteiger charge is 2.62. The molecule has 148 valence electrons. The maximum Gasteiger partial charge on any atom is 0.0623 e. The molecular formula is C24H40O2. The number of hydrogen-bond donors (Lipinski definition) is 2. The minimum Gasteiger partial charge on any atom is -0.393 e. The van der Waals surface area contributed by atoms with Crippen molar-refractivity contribution in [3.8, 4) is 0 Å². The number of rotatable bonds is 3. The van der Waals surface area contributed by atoms with Crippen molar-refractivity contribution in [3.63, 3.8) is 0 Å². The van der Waals surface area contributed by atoms with Gasteiger partial charge in [-0.2, -0.15) is 0 Å². The Balaban J connectivity index is 1.60. The van der Waals surface area contributed by atoms with Crippen LogP contribution in [0.2, 0.25) is 0 Å². The van der Waals surface area contributed by atoms with Gasteiger partial charge in [-0.05, 0) is 104 Å². The van der Waals surface area contributed by atoms with Gasteiger partial charge in [0.05, 0.1) is 12.2 Å². The van der Waals surface area contributed by atoms with E-state index >= 15 is 0 Å². The number of hydrogen-bond acceptors (Lipinski definition) is 2. The molecule has 2 N–H and O–H groups in total. The Morgan fingerprint density at radius 3 is 2.54 bits per heavy atom. The molecule has 4 aliphatic carbocycles. The van der Waals surface area contributed by atoms with Crippen LogP contribution in [-0.4, -0.2) is 22.4 Å². The smallest absolute Gasteiger partial charge is 0.0623 e. The molecule has 4 rings (SSSR count). The van der Waals surface area contributed by atoms with Crippen LogP contribution in [0.1, 0.15) is 78.6 Å². The quantitative estimate of drug-likeness (QED) is 0.680. The standard InChI is InChI=1S/C24H40O2/c1-5-6-15(2)19-9-10-20-18-8-7-16-13-17(25)14-22(26)24(16,4)21(18)11-12-23(19,20)3/h5,15-22,25-26H,1,6-14H2,2-4H3/t15-,16?,17-,18+,19-,20+,21+,22+,23-,24+/m1/s1. The second kappa shape index (κ2) is 6.62. The lowest BCUT2D eigenvalue weighted by Gasteiger charge is -2.62. The molecule has 2 heteroatoms. The van der Waals surface area contributed by atoms with Crippen LogP contribution >= 0.6 is 0 Å². The lowest BCUT2D eigenvalue weighted by Crippen LogP contribution is -2.59. The normalized spacial score (nSPS) is 54.7. The van der Waals surface area contributed by atoms with E-state index in [9.17, 15) is 10.2 Å². The van der Waals surface area contributed by atoms with E-state index in [2.05, 4.69) is 33.4 Å². The monoisotopic (exact) mass is 360 g/mol. The summed E-state index contributed by atoms with van der Waals surface area (Å²) in [4.78, 5) is 0. The van der Waals surface area contributed by atoms with Crippen LogP contribution in [0, 0.1) is 46.3 Å². The summed E-state index contributed by atoms with van der Waals surface area (Å²) < 4.78 is 0. The van der Waals surface area contributed by atoms with Gasteiger partial charge in [0, 0.05) is 0 Å². The molecule has 0 aromatic rings. The second-order valence-corrected chi connectivity index (χ2v) is 10.9. The highest BCUT2D eigenvalue weighted by molar-refractivity contribution is 5.11. The van der Waals surface area contributed by atoms with Crippen LogP contribution in [0.3, 0.4) is 0 Å². The summed E-state index contributed by atoms with van der Waals surface area (Å²) in [6.45, 7) is 11.4. The first-order chi connectivity index (χ1) is 12.3. The third-order valence-electron chi connectivity index (χ3n) is 10.0. The zero-order valence-electron chi connectivity index (χ0n) is 17.2. The van der Waals surface area contributed by atoms with Crippen molar-refractivity contribution in [1.82, 2.24) is 0 Å². The van der Waals surface area contributed by atoms with Gasteiger partial charge in [0.2, 0.25) is 0 Å². The summed E-state index contributed by atoms with van der Waals surface area (Å²) in [5.41, 5.74) is 0.528. The Morgan fingerprint density at radius 1 is 1.04 bits per heavy atom. The van der Waals surface area contributed by atoms with Gasteiger partial charge >= 0.3 is 0 Å². The summed E-state index contributed by atoms with van der Waals surface area (Å²) in [6.07, 6.45) is 12.1. The average molecular weight is 361 g/mol. The summed E-state index contributed by atoms with van der Waals surface area (Å²) in [5, 5.41) is 21.2. The van der Waals surface area contributed by atoms with E-state index in [1.807, 2.05) is 0 Å². The van der Waals surface area contributed by atoms with Crippen LogP contribution in [0.15, 0.2) is 12.7 Å². The molecule has 4 fully saturated rings. The van der Waals surface area contributed by atoms with Crippen LogP contribution in [-0.2, 0) is 0 Å². The van der Waals surface area contributed by atoms with Gasteiger partial charge in [-0.1, -0.05) is 26.8 Å². The SMILES string of the molecule is C=CC[C@@H](C)[C@H]1CC[C@H]2[C@@H]3CCC4C[C@@H](O)C[C@H](O)[C@]4(C)[C@H]3CC[C@]12C. The molecule has 0 amide bonds. The van der Waals surface area contributed by atoms with Crippen molar-refractivity contribution >= 4 is 0 Å². The van der Waals surface area contributed by atoms with Gasteiger partial charge in [0.25, 0.3) is 0 Å². The molecular weight excluding hydrogens is 320 g/mol. The van der Waals surface area contributed by atoms with Crippen LogP contribution < -0.4 is 0 Å². The van der Waals surface area contributed by atoms with Crippen molar-refractivity contribution in [2.24, 2.45) is 46.3 Å². The Morgan fingerprint density at radius 2 is 1.81 bits per heavy atom. The second-order valence-electron chi connectivity index (χ2n) is 10.9. The van der Waals surface area contributed by atoms with Crippen molar-refractivity contribution < 1.29 is 10.2 Å². The summed E-state index contributed by atoms with van der Waals surface area (Å²) in [6, 6.07) is 0. The first-order valence-corrected chi connectivity index (χ1v) is 11.3. The maximum absolute atomic E-state index is 11.0. The average Bonchev–Trinajstić information content (AvgIpc) is 2.94. The maximum atomic E-state index is 11.0. The number of fused-ring (bicyclic) bond motifs is 5. The fourth-order valence-corrected chi connectivity index (χ4v) is 8.70. The van der Waals surface area contributed by atoms with E-state index in [-0.39, 0.29) is 17.6 Å². The first-order valence-electron chi connectivity index (χ1n) is 11.3. The lowest BCUT2D eigenvalue weighted by atomic mass is 9.43. The molecule has 0 aromatic carbocycles. The largest absolute Gasteiger partial charge is 0.393 e. The van der Waals surface area contributed by atoms with E-state index in [1.165, 1.54) is 38.5 Å². The molecule has 0 saturated heterocycles. The molecule has 0 radical (unpaired) electrons. The van der Waals surface area contributed by atoms with Crippen LogP contribution in [0.5, 0.6) is 0 Å². The van der Waals surface area contributed by atoms with Crippen LogP contribution in [0.25, 0.3) is 0 Å². The van der Waals surface area contributed by atoms with E-state index < -0.39 is 0 Å². The van der Waals surface area contributed by atoms with Gasteiger partial charge in [0.1, 0.15) is 0 Å². The van der Waals surface area contributed by atoms with Crippen LogP contribution in [0.4, 0.5) is 0 Å². The lowest BCUT2D eigenvalue weighted by molar-refractivity contribution is -0.181. The molecule has 4 aliphatic rings. The summed E-state index contributed by atoms with van der Waals surface area (Å²) >= 11 is 0. The van der Waals surface area contributed by atoms with E-state index in [4.69, 9.17) is 0 Å². The van der Waals surface area contributed by atoms with E-state index in [1.54, 1.807) is 0 Å². The predicted molar refractivity (Wildman–Crippen MR) is 107 cm³/mol. The van der Waals surface area contributed by atoms with Gasteiger partial charge < -0.3 is 10.2 Å². The number of allylic oxidation sites excluding steroid dienone is 1. The molecule has 2 nitrogen and oxygen atoms in total. The summed E-state index contributed by atoms with van der Waals surface area (Å²) in [5.74, 6) is 4.41. The minimum absolute atomic E-state index is 0.0360. The van der Waals surface area contributed by atoms with Crippen molar-refractivity contribution in [2.75, 3.05) is 0 Å². The molecule has 10 atom stereocenters. The molecule has 0 aromatic heterocycles. The Labute approximate surface area is 160 Å². The Bertz CT molecular complexity index is 544. The fraction of sp³-hybridized carbons (Fsp3) is 0.917. The molecule has 4 saturated carbocycles. The zero-order chi connectivity index (χ0) is 18.7. The molecule has 0 spiro atoms. The number of aliphatic hydroxyl groups is 2. The molecule has 1 unspecified atom stereocenters. The Kier molecular flexibility index (Phi) is 4.84. The van der Waals surface area contributed by atoms with Gasteiger partial charge in [-0.15, -0.1) is 6.58 Å². The highest BCUT2D eigenvalue weighted by atomic mass is 16.3. The van der Waals surface area contributed by atoms with E-state index in [0.29, 0.717) is 23.7 Å². The fourth-order valence-electron chi connectivity index (χ4n) is 8.70. The first kappa shape index (κ1) is 19.0. The molecule has 26 heavy (non-hydrogen) atoms. The highest BCUT2D eigenvalue weighted by Crippen LogP contribution is 2.68. The number of aliphatic hydroxyl groups excluding tert-OH is 2. The van der Waals surface area contributed by atoms with Crippen molar-refractivity contribution in [1.29, 1.82) is 0 Å². The van der Waals surface area contributed by atoms with E-state index in [0.717, 1.165) is 36.5 Å². The zero-order valence-corrected chi connectivity index (χ0v) is 17.2. The Hall–Kier alpha value is -0.340. The molecule has 0 aliphatic heterocycles. The van der Waals surface area contributed by atoms with Crippen molar-refractivity contribution in [3.05, 3.63) is 12.7 Å².